The molecule has 1 unspecified atom stereocenters. The van der Waals surface area contributed by atoms with E-state index in [1.54, 1.807) is 0 Å². The van der Waals surface area contributed by atoms with Crippen molar-refractivity contribution in [1.29, 1.82) is 0 Å². The van der Waals surface area contributed by atoms with Crippen LogP contribution >= 0.6 is 34.5 Å². The lowest BCUT2D eigenvalue weighted by Crippen LogP contribution is -2.35. The van der Waals surface area contributed by atoms with Crippen LogP contribution in [0, 0.1) is 0 Å². The lowest BCUT2D eigenvalue weighted by Gasteiger charge is -2.18. The smallest absolute Gasteiger partial charge is 0.253 e. The van der Waals surface area contributed by atoms with Crippen molar-refractivity contribution in [3.8, 4) is 0 Å². The molecule has 0 aliphatic carbocycles. The molecule has 0 spiro atoms. The summed E-state index contributed by atoms with van der Waals surface area (Å²) in [7, 11) is -3.65. The molecule has 0 bridgehead atoms. The number of halogens is 2. The second-order valence-corrected chi connectivity index (χ2v) is 7.83. The lowest BCUT2D eigenvalue weighted by molar-refractivity contribution is -0.110. The molecule has 17 heavy (non-hydrogen) atoms. The Labute approximate surface area is 113 Å². The quantitative estimate of drug-likeness (QED) is 0.805. The highest BCUT2D eigenvalue weighted by Crippen LogP contribution is 2.37. The van der Waals surface area contributed by atoms with Gasteiger partial charge >= 0.3 is 0 Å². The summed E-state index contributed by atoms with van der Waals surface area (Å²) in [5.74, 6) is 0. The third-order valence-corrected chi connectivity index (χ3v) is 6.83. The number of hydrogen-bond donors (Lipinski definition) is 0. The zero-order valence-electron chi connectivity index (χ0n) is 8.60. The van der Waals surface area contributed by atoms with E-state index in [2.05, 4.69) is 0 Å². The number of sulfonamides is 1. The van der Waals surface area contributed by atoms with Crippen LogP contribution in [0.25, 0.3) is 0 Å². The molecule has 4 nitrogen and oxygen atoms in total. The van der Waals surface area contributed by atoms with Gasteiger partial charge in [0.1, 0.15) is 14.8 Å². The maximum Gasteiger partial charge on any atom is 0.253 e. The Morgan fingerprint density at radius 2 is 2.18 bits per heavy atom. The first-order valence-corrected chi connectivity index (χ1v) is 7.90. The summed E-state index contributed by atoms with van der Waals surface area (Å²) in [6.45, 7) is 0.360. The fourth-order valence-electron chi connectivity index (χ4n) is 1.77. The van der Waals surface area contributed by atoms with E-state index in [1.807, 2.05) is 0 Å². The third kappa shape index (κ3) is 2.37. The molecular weight excluding hydrogens is 305 g/mol. The van der Waals surface area contributed by atoms with Gasteiger partial charge < -0.3 is 4.79 Å². The molecule has 0 aromatic carbocycles. The van der Waals surface area contributed by atoms with Crippen molar-refractivity contribution in [3.05, 3.63) is 15.4 Å². The van der Waals surface area contributed by atoms with Gasteiger partial charge in [-0.1, -0.05) is 23.2 Å². The molecule has 0 amide bonds. The summed E-state index contributed by atoms with van der Waals surface area (Å²) < 4.78 is 26.0. The average Bonchev–Trinajstić information content (AvgIpc) is 2.86. The van der Waals surface area contributed by atoms with Crippen LogP contribution in [0.4, 0.5) is 0 Å². The van der Waals surface area contributed by atoms with E-state index < -0.39 is 16.1 Å². The van der Waals surface area contributed by atoms with Crippen molar-refractivity contribution in [2.75, 3.05) is 6.54 Å². The molecule has 0 saturated carbocycles. The Morgan fingerprint density at radius 3 is 2.71 bits per heavy atom. The van der Waals surface area contributed by atoms with E-state index >= 15 is 0 Å². The number of carbonyl (C=O) groups is 1. The number of rotatable bonds is 3. The minimum atomic E-state index is -3.65. The molecule has 1 fully saturated rings. The summed E-state index contributed by atoms with van der Waals surface area (Å²) >= 11 is 12.4. The number of nitrogens with zero attached hydrogens (tertiary/aromatic N) is 1. The molecule has 1 saturated heterocycles. The molecule has 1 aromatic rings. The number of thiophene rings is 1. The molecule has 8 heteroatoms. The van der Waals surface area contributed by atoms with Crippen molar-refractivity contribution in [2.24, 2.45) is 0 Å². The van der Waals surface area contributed by atoms with E-state index in [4.69, 9.17) is 23.2 Å². The number of aldehydes is 1. The predicted molar refractivity (Wildman–Crippen MR) is 67.3 cm³/mol. The van der Waals surface area contributed by atoms with Crippen molar-refractivity contribution in [3.63, 3.8) is 0 Å². The van der Waals surface area contributed by atoms with Crippen molar-refractivity contribution in [1.82, 2.24) is 4.31 Å². The van der Waals surface area contributed by atoms with Gasteiger partial charge in [0.15, 0.2) is 0 Å². The predicted octanol–water partition coefficient (Wildman–Crippen LogP) is 2.41. The second kappa shape index (κ2) is 4.85. The van der Waals surface area contributed by atoms with Gasteiger partial charge in [0.25, 0.3) is 10.0 Å². The third-order valence-electron chi connectivity index (χ3n) is 2.59. The summed E-state index contributed by atoms with van der Waals surface area (Å²) in [5, 5.41) is 0.220. The Kier molecular flexibility index (Phi) is 3.80. The summed E-state index contributed by atoms with van der Waals surface area (Å²) in [6, 6.07) is 0.754. The standard InChI is InChI=1S/C9H9Cl2NO3S2/c10-7-4-8(16-9(7)11)17(14,15)12-3-1-2-6(12)5-13/h4-6H,1-3H2. The molecular formula is C9H9Cl2NO3S2. The van der Waals surface area contributed by atoms with E-state index in [0.717, 1.165) is 11.3 Å². The first kappa shape index (κ1) is 13.3. The normalized spacial score (nSPS) is 21.9. The highest BCUT2D eigenvalue weighted by atomic mass is 35.5. The van der Waals surface area contributed by atoms with Crippen LogP contribution in [0.1, 0.15) is 12.8 Å². The van der Waals surface area contributed by atoms with Gasteiger partial charge in [-0.15, -0.1) is 11.3 Å². The highest BCUT2D eigenvalue weighted by Gasteiger charge is 2.36. The summed E-state index contributed by atoms with van der Waals surface area (Å²) in [4.78, 5) is 10.8. The molecule has 1 aliphatic rings. The SMILES string of the molecule is O=CC1CCCN1S(=O)(=O)c1cc(Cl)c(Cl)s1. The van der Waals surface area contributed by atoms with E-state index in [-0.39, 0.29) is 13.6 Å². The van der Waals surface area contributed by atoms with Crippen LogP contribution in [-0.2, 0) is 14.8 Å². The van der Waals surface area contributed by atoms with Crippen molar-refractivity contribution >= 4 is 50.8 Å². The molecule has 0 N–H and O–H groups in total. The van der Waals surface area contributed by atoms with Gasteiger partial charge in [-0.3, -0.25) is 0 Å². The van der Waals surface area contributed by atoms with Gasteiger partial charge in [0, 0.05) is 6.54 Å². The van der Waals surface area contributed by atoms with Gasteiger partial charge in [-0.2, -0.15) is 4.31 Å². The average molecular weight is 314 g/mol. The van der Waals surface area contributed by atoms with Gasteiger partial charge in [-0.05, 0) is 18.9 Å². The molecule has 0 radical (unpaired) electrons. The maximum absolute atomic E-state index is 12.2. The maximum atomic E-state index is 12.2. The minimum absolute atomic E-state index is 0.0845. The number of hydrogen-bond acceptors (Lipinski definition) is 4. The fourth-order valence-corrected chi connectivity index (χ4v) is 5.41. The first-order chi connectivity index (χ1) is 7.96. The largest absolute Gasteiger partial charge is 0.302 e. The van der Waals surface area contributed by atoms with Crippen LogP contribution in [0.2, 0.25) is 9.36 Å². The minimum Gasteiger partial charge on any atom is -0.302 e. The zero-order valence-corrected chi connectivity index (χ0v) is 11.7. The fraction of sp³-hybridized carbons (Fsp3) is 0.444. The second-order valence-electron chi connectivity index (χ2n) is 3.65. The van der Waals surface area contributed by atoms with Crippen molar-refractivity contribution in [2.45, 2.75) is 23.1 Å². The van der Waals surface area contributed by atoms with E-state index in [9.17, 15) is 13.2 Å². The Morgan fingerprint density at radius 1 is 1.47 bits per heavy atom. The van der Waals surface area contributed by atoms with Gasteiger partial charge in [-0.25, -0.2) is 8.42 Å². The molecule has 2 rings (SSSR count). The van der Waals surface area contributed by atoms with Crippen LogP contribution in [0.3, 0.4) is 0 Å². The highest BCUT2D eigenvalue weighted by molar-refractivity contribution is 7.91. The molecule has 2 heterocycles. The summed E-state index contributed by atoms with van der Waals surface area (Å²) in [5.41, 5.74) is 0. The van der Waals surface area contributed by atoms with Crippen LogP contribution in [0.5, 0.6) is 0 Å². The van der Waals surface area contributed by atoms with Crippen LogP contribution in [0.15, 0.2) is 10.3 Å². The monoisotopic (exact) mass is 313 g/mol. The Balaban J connectivity index is 2.39. The molecule has 1 aliphatic heterocycles. The first-order valence-electron chi connectivity index (χ1n) is 4.89. The topological polar surface area (TPSA) is 54.5 Å². The van der Waals surface area contributed by atoms with Gasteiger partial charge in [0.05, 0.1) is 11.1 Å². The molecule has 1 aromatic heterocycles. The van der Waals surface area contributed by atoms with Crippen LogP contribution in [-0.4, -0.2) is 31.6 Å². The Hall–Kier alpha value is -0.140. The number of carbonyl (C=O) groups excluding carboxylic acids is 1. The molecule has 94 valence electrons. The van der Waals surface area contributed by atoms with E-state index in [0.29, 0.717) is 25.7 Å². The van der Waals surface area contributed by atoms with Crippen molar-refractivity contribution < 1.29 is 13.2 Å². The van der Waals surface area contributed by atoms with Gasteiger partial charge in [0.2, 0.25) is 0 Å². The van der Waals surface area contributed by atoms with Crippen LogP contribution < -0.4 is 0 Å². The van der Waals surface area contributed by atoms with E-state index in [1.165, 1.54) is 10.4 Å². The zero-order chi connectivity index (χ0) is 12.6. The summed E-state index contributed by atoms with van der Waals surface area (Å²) in [6.07, 6.45) is 1.92. The molecule has 1 atom stereocenters. The lowest BCUT2D eigenvalue weighted by atomic mass is 10.2. The Bertz CT molecular complexity index is 521.